The topological polar surface area (TPSA) is 75.3 Å². The summed E-state index contributed by atoms with van der Waals surface area (Å²) in [4.78, 5) is 12.0. The molecule has 1 heterocycles. The van der Waals surface area contributed by atoms with Crippen molar-refractivity contribution in [2.24, 2.45) is 0 Å². The Kier molecular flexibility index (Phi) is 4.82. The van der Waals surface area contributed by atoms with E-state index in [1.807, 2.05) is 18.2 Å². The third kappa shape index (κ3) is 5.09. The van der Waals surface area contributed by atoms with Crippen molar-refractivity contribution in [3.8, 4) is 0 Å². The van der Waals surface area contributed by atoms with Crippen LogP contribution in [0.15, 0.2) is 54.9 Å². The first-order valence-corrected chi connectivity index (χ1v) is 8.06. The lowest BCUT2D eigenvalue weighted by molar-refractivity contribution is -0.683. The number of aryl methyl sites for hydroxylation is 1. The second kappa shape index (κ2) is 6.60. The van der Waals surface area contributed by atoms with Gasteiger partial charge in [0.1, 0.15) is 0 Å². The summed E-state index contributed by atoms with van der Waals surface area (Å²) in [6.45, 7) is 0.225. The first-order valence-electron chi connectivity index (χ1n) is 6.45. The van der Waals surface area contributed by atoms with Gasteiger partial charge < -0.3 is 0 Å². The molecule has 1 aromatic heterocycles. The molecule has 2 aromatic rings. The van der Waals surface area contributed by atoms with Crippen molar-refractivity contribution in [2.75, 3.05) is 5.75 Å². The fraction of sp³-hybridized carbons (Fsp3) is 0.200. The molecule has 0 bridgehead atoms. The van der Waals surface area contributed by atoms with Crippen molar-refractivity contribution < 1.29 is 22.3 Å². The van der Waals surface area contributed by atoms with E-state index in [-0.39, 0.29) is 24.5 Å². The van der Waals surface area contributed by atoms with Gasteiger partial charge in [-0.3, -0.25) is 9.35 Å². The van der Waals surface area contributed by atoms with Crippen LogP contribution in [0.3, 0.4) is 0 Å². The van der Waals surface area contributed by atoms with Crippen LogP contribution in [0.1, 0.15) is 15.9 Å². The zero-order chi connectivity index (χ0) is 15.3. The lowest BCUT2D eigenvalue weighted by Gasteiger charge is -2.00. The number of aromatic nitrogens is 1. The highest BCUT2D eigenvalue weighted by molar-refractivity contribution is 7.85. The maximum Gasteiger partial charge on any atom is 0.265 e. The van der Waals surface area contributed by atoms with E-state index >= 15 is 0 Å². The van der Waals surface area contributed by atoms with Crippen LogP contribution in [-0.2, 0) is 23.1 Å². The molecule has 0 aliphatic rings. The summed E-state index contributed by atoms with van der Waals surface area (Å²) in [6.07, 6.45) is 3.69. The van der Waals surface area contributed by atoms with Crippen LogP contribution >= 0.6 is 0 Å². The van der Waals surface area contributed by atoms with Gasteiger partial charge in [-0.05, 0) is 12.0 Å². The van der Waals surface area contributed by atoms with E-state index in [9.17, 15) is 13.2 Å². The van der Waals surface area contributed by atoms with E-state index in [0.29, 0.717) is 5.56 Å². The van der Waals surface area contributed by atoms with E-state index in [2.05, 4.69) is 0 Å². The average molecular weight is 306 g/mol. The van der Waals surface area contributed by atoms with E-state index in [1.54, 1.807) is 41.2 Å². The Hall–Kier alpha value is -2.05. The molecule has 0 radical (unpaired) electrons. The maximum absolute atomic E-state index is 12.0. The lowest BCUT2D eigenvalue weighted by atomic mass is 10.1. The molecular formula is C15H16NO4S+. The van der Waals surface area contributed by atoms with Crippen LogP contribution in [0.25, 0.3) is 0 Å². The molecule has 0 aliphatic heterocycles. The highest BCUT2D eigenvalue weighted by Gasteiger charge is 2.12. The summed E-state index contributed by atoms with van der Waals surface area (Å²) in [5, 5.41) is 0. The quantitative estimate of drug-likeness (QED) is 0.496. The molecule has 110 valence electrons. The molecule has 6 heteroatoms. The van der Waals surface area contributed by atoms with Crippen molar-refractivity contribution in [2.45, 2.75) is 13.0 Å². The van der Waals surface area contributed by atoms with Gasteiger partial charge in [0.2, 0.25) is 12.3 Å². The molecule has 0 aliphatic carbocycles. The van der Waals surface area contributed by atoms with Gasteiger partial charge in [0.05, 0.1) is 5.75 Å². The Morgan fingerprint density at radius 1 is 1.05 bits per heavy atom. The number of carbonyl (C=O) groups is 1. The van der Waals surface area contributed by atoms with E-state index in [0.717, 1.165) is 5.56 Å². The predicted octanol–water partition coefficient (Wildman–Crippen LogP) is 1.29. The molecule has 0 spiro atoms. The maximum atomic E-state index is 12.0. The molecule has 0 saturated carbocycles. The minimum Gasteiger partial charge on any atom is -0.287 e. The largest absolute Gasteiger partial charge is 0.287 e. The van der Waals surface area contributed by atoms with Crippen molar-refractivity contribution in [3.05, 3.63) is 66.0 Å². The minimum absolute atomic E-state index is 0.00582. The molecule has 1 N–H and O–H groups in total. The fourth-order valence-electron chi connectivity index (χ4n) is 1.89. The second-order valence-corrected chi connectivity index (χ2v) is 6.28. The van der Waals surface area contributed by atoms with Crippen LogP contribution in [0.2, 0.25) is 0 Å². The molecule has 1 aromatic carbocycles. The summed E-state index contributed by atoms with van der Waals surface area (Å²) >= 11 is 0. The summed E-state index contributed by atoms with van der Waals surface area (Å²) < 4.78 is 31.8. The summed E-state index contributed by atoms with van der Waals surface area (Å²) in [5.74, 6) is -0.300. The average Bonchev–Trinajstić information content (AvgIpc) is 2.46. The molecule has 0 fully saturated rings. The van der Waals surface area contributed by atoms with Crippen molar-refractivity contribution in [1.82, 2.24) is 0 Å². The Morgan fingerprint density at radius 2 is 1.67 bits per heavy atom. The standard InChI is InChI=1S/C15H15NO4S/c17-15(14-4-2-1-3-5-14)12-16-9-6-13(7-10-16)8-11-21(18,19)20/h1-7,9-10H,8,11-12H2/p+1. The smallest absolute Gasteiger partial charge is 0.265 e. The first kappa shape index (κ1) is 15.3. The Bertz CT molecular complexity index is 709. The van der Waals surface area contributed by atoms with Gasteiger partial charge in [0.25, 0.3) is 10.1 Å². The molecule has 0 saturated heterocycles. The van der Waals surface area contributed by atoms with Gasteiger partial charge >= 0.3 is 0 Å². The SMILES string of the molecule is O=C(C[n+]1ccc(CCS(=O)(=O)O)cc1)c1ccccc1. The number of hydrogen-bond acceptors (Lipinski definition) is 3. The molecule has 5 nitrogen and oxygen atoms in total. The highest BCUT2D eigenvalue weighted by atomic mass is 32.2. The van der Waals surface area contributed by atoms with Gasteiger partial charge in [-0.15, -0.1) is 0 Å². The number of nitrogens with zero attached hydrogens (tertiary/aromatic N) is 1. The zero-order valence-corrected chi connectivity index (χ0v) is 12.2. The van der Waals surface area contributed by atoms with Crippen molar-refractivity contribution in [3.63, 3.8) is 0 Å². The molecule has 21 heavy (non-hydrogen) atoms. The molecule has 0 atom stereocenters. The summed E-state index contributed by atoms with van der Waals surface area (Å²) in [7, 11) is -3.95. The van der Waals surface area contributed by atoms with Gasteiger partial charge in [-0.2, -0.15) is 13.0 Å². The molecule has 0 unspecified atom stereocenters. The van der Waals surface area contributed by atoms with Crippen LogP contribution in [-0.4, -0.2) is 24.5 Å². The summed E-state index contributed by atoms with van der Waals surface area (Å²) in [5.41, 5.74) is 1.44. The normalized spacial score (nSPS) is 11.3. The number of carbonyl (C=O) groups excluding carboxylic acids is 1. The third-order valence-electron chi connectivity index (χ3n) is 3.03. The Balaban J connectivity index is 1.98. The van der Waals surface area contributed by atoms with Gasteiger partial charge in [-0.1, -0.05) is 30.3 Å². The second-order valence-electron chi connectivity index (χ2n) is 4.70. The predicted molar refractivity (Wildman–Crippen MR) is 77.5 cm³/mol. The molecule has 2 rings (SSSR count). The number of hydrogen-bond donors (Lipinski definition) is 1. The Morgan fingerprint density at radius 3 is 2.24 bits per heavy atom. The number of benzene rings is 1. The van der Waals surface area contributed by atoms with E-state index < -0.39 is 10.1 Å². The van der Waals surface area contributed by atoms with Crippen LogP contribution in [0, 0.1) is 0 Å². The van der Waals surface area contributed by atoms with Gasteiger partial charge in [0, 0.05) is 17.7 Å². The Labute approximate surface area is 123 Å². The van der Waals surface area contributed by atoms with Crippen LogP contribution in [0.5, 0.6) is 0 Å². The fourth-order valence-corrected chi connectivity index (χ4v) is 2.38. The number of Topliss-reactive ketones (excluding diaryl/α,β-unsaturated/α-hetero) is 1. The van der Waals surface area contributed by atoms with Crippen LogP contribution in [0.4, 0.5) is 0 Å². The number of pyridine rings is 1. The van der Waals surface area contributed by atoms with E-state index in [1.165, 1.54) is 0 Å². The van der Waals surface area contributed by atoms with E-state index in [4.69, 9.17) is 4.55 Å². The number of ketones is 1. The lowest BCUT2D eigenvalue weighted by Crippen LogP contribution is -2.37. The minimum atomic E-state index is -3.95. The monoisotopic (exact) mass is 306 g/mol. The van der Waals surface area contributed by atoms with Crippen molar-refractivity contribution >= 4 is 15.9 Å². The molecular weight excluding hydrogens is 290 g/mol. The first-order chi connectivity index (χ1) is 9.94. The van der Waals surface area contributed by atoms with Gasteiger partial charge in [-0.25, -0.2) is 0 Å². The number of rotatable bonds is 6. The van der Waals surface area contributed by atoms with Crippen molar-refractivity contribution in [1.29, 1.82) is 0 Å². The van der Waals surface area contributed by atoms with Gasteiger partial charge in [0.15, 0.2) is 12.4 Å². The van der Waals surface area contributed by atoms with Crippen LogP contribution < -0.4 is 4.57 Å². The third-order valence-corrected chi connectivity index (χ3v) is 3.75. The molecule has 0 amide bonds. The highest BCUT2D eigenvalue weighted by Crippen LogP contribution is 2.01. The zero-order valence-electron chi connectivity index (χ0n) is 11.3. The summed E-state index contributed by atoms with van der Waals surface area (Å²) in [6, 6.07) is 12.5.